The van der Waals surface area contributed by atoms with Crippen LogP contribution in [-0.2, 0) is 90.1 Å². The molecule has 0 aromatic heterocycles. The van der Waals surface area contributed by atoms with Crippen LogP contribution in [0.5, 0.6) is 0 Å². The Balaban J connectivity index is 0.000000225. The first-order chi connectivity index (χ1) is 53.9. The number of urea groups is 1. The van der Waals surface area contributed by atoms with Crippen molar-refractivity contribution in [3.05, 3.63) is 173 Å². The zero-order valence-corrected chi connectivity index (χ0v) is 68.6. The number of nitrogens with two attached hydrogens (primary N) is 2. The number of phosphoric acid groups is 3. The predicted octanol–water partition coefficient (Wildman–Crippen LogP) is -0.901. The van der Waals surface area contributed by atoms with Gasteiger partial charge >= 0.3 is 29.5 Å². The fraction of sp³-hybridized carbons (Fsp3) is 0.458. The number of carbonyl (C=O) groups is 5. The molecule has 38 nitrogen and oxygen atoms in total. The van der Waals surface area contributed by atoms with E-state index < -0.39 is 168 Å². The number of phosphoric ester groups is 1. The molecule has 642 valence electrons. The number of methoxy groups -OCH3 is 1. The van der Waals surface area contributed by atoms with Gasteiger partial charge in [0.05, 0.1) is 52.3 Å². The van der Waals surface area contributed by atoms with Gasteiger partial charge < -0.3 is 116 Å². The second kappa shape index (κ2) is 45.1. The van der Waals surface area contributed by atoms with Crippen molar-refractivity contribution in [2.75, 3.05) is 33.5 Å². The fourth-order valence-electron chi connectivity index (χ4n) is 12.6. The minimum Gasteiger partial charge on any atom is -0.505 e. The smallest absolute Gasteiger partial charge is 0.490 e. The van der Waals surface area contributed by atoms with E-state index in [1.165, 1.54) is 57.5 Å². The first kappa shape index (κ1) is 98.9. The SMILES string of the molecule is C.C=COC.CC(=O)CC#CC1=CN(C2OC(CO)C(O)C2O)C(=O)CC1N.NC1CC(=O)N(C2OC(CO)C(O)C2O)C=C1I.O=C1CC2CC=CC2=CN1C1OC(CO)C(O)C1O.O=C1NC2CC=CC2=CN1C1OC(COP(=O)(O)OP(=O)(O)OP(=O)(O)O)C(O)C1O.[Pd].c1ccc(P(c2ccccc2)c2ccccc2)cc1. The number of aliphatic hydroxyl groups is 11. The van der Waals surface area contributed by atoms with E-state index in [2.05, 4.69) is 133 Å². The molecular formula is C72H96IN7O31P4Pd. The molecule has 20 N–H and O–H groups in total. The van der Waals surface area contributed by atoms with Gasteiger partial charge in [0, 0.05) is 85.7 Å². The van der Waals surface area contributed by atoms with Gasteiger partial charge in [-0.2, -0.15) is 8.62 Å². The maximum absolute atomic E-state index is 12.3. The Labute approximate surface area is 695 Å². The van der Waals surface area contributed by atoms with Crippen LogP contribution in [-0.4, -0.2) is 275 Å². The minimum absolute atomic E-state index is 0. The van der Waals surface area contributed by atoms with Gasteiger partial charge in [-0.05, 0) is 83.3 Å². The molecule has 13 rings (SSSR count). The van der Waals surface area contributed by atoms with Gasteiger partial charge in [0.15, 0.2) is 24.9 Å². The van der Waals surface area contributed by atoms with Crippen LogP contribution in [0.3, 0.4) is 0 Å². The molecule has 10 aliphatic rings. The Morgan fingerprint density at radius 1 is 0.586 bits per heavy atom. The Kier molecular flexibility index (Phi) is 38.5. The summed E-state index contributed by atoms with van der Waals surface area (Å²) in [6, 6.07) is 30.5. The van der Waals surface area contributed by atoms with Crippen LogP contribution in [0, 0.1) is 17.8 Å². The molecule has 44 heteroatoms. The third-order valence-corrected chi connectivity index (χ3v) is 25.7. The summed E-state index contributed by atoms with van der Waals surface area (Å²) in [5.41, 5.74) is 13.8. The number of fused-ring (bicyclic) bond motifs is 2. The summed E-state index contributed by atoms with van der Waals surface area (Å²) in [6.45, 7) is 2.40. The molecule has 8 heterocycles. The number of rotatable bonds is 19. The second-order valence-electron chi connectivity index (χ2n) is 26.5. The number of ketones is 1. The molecule has 22 unspecified atom stereocenters. The topological polar surface area (TPSA) is 591 Å². The molecule has 5 amide bonds. The first-order valence-corrected chi connectivity index (χ1v) is 42.0. The summed E-state index contributed by atoms with van der Waals surface area (Å²) in [4.78, 5) is 99.5. The minimum atomic E-state index is -5.71. The van der Waals surface area contributed by atoms with E-state index in [-0.39, 0.29) is 88.6 Å². The largest absolute Gasteiger partial charge is 0.505 e. The molecule has 2 aliphatic carbocycles. The van der Waals surface area contributed by atoms with Crippen molar-refractivity contribution >= 4 is 99.4 Å². The summed E-state index contributed by atoms with van der Waals surface area (Å²) in [5, 5.41) is 113. The number of ether oxygens (including phenoxy) is 5. The van der Waals surface area contributed by atoms with Gasteiger partial charge in [0.25, 0.3) is 0 Å². The maximum Gasteiger partial charge on any atom is 0.490 e. The molecule has 4 fully saturated rings. The van der Waals surface area contributed by atoms with Crippen molar-refractivity contribution in [2.45, 2.75) is 169 Å². The molecular weight excluding hydrogens is 1820 g/mol. The van der Waals surface area contributed by atoms with Crippen molar-refractivity contribution in [2.24, 2.45) is 17.4 Å². The monoisotopic (exact) mass is 1910 g/mol. The van der Waals surface area contributed by atoms with E-state index in [1.807, 2.05) is 40.8 Å². The third-order valence-electron chi connectivity index (χ3n) is 18.3. The van der Waals surface area contributed by atoms with Gasteiger partial charge in [-0.15, -0.1) is 0 Å². The second-order valence-corrected chi connectivity index (χ2v) is 34.4. The molecule has 8 aliphatic heterocycles. The fourth-order valence-corrected chi connectivity index (χ4v) is 18.4. The zero-order chi connectivity index (χ0) is 83.7. The molecule has 4 saturated heterocycles. The first-order valence-electron chi connectivity index (χ1n) is 35.1. The molecule has 3 aromatic carbocycles. The number of halogens is 1. The van der Waals surface area contributed by atoms with E-state index in [4.69, 9.17) is 60.4 Å². The van der Waals surface area contributed by atoms with Gasteiger partial charge in [0.1, 0.15) is 79.0 Å². The summed E-state index contributed by atoms with van der Waals surface area (Å²) < 4.78 is 71.7. The van der Waals surface area contributed by atoms with Crippen LogP contribution in [0.2, 0.25) is 0 Å². The number of nitrogens with zero attached hydrogens (tertiary/aromatic N) is 4. The van der Waals surface area contributed by atoms with E-state index in [9.17, 15) is 83.4 Å². The van der Waals surface area contributed by atoms with Crippen LogP contribution < -0.4 is 32.7 Å². The van der Waals surface area contributed by atoms with E-state index in [0.29, 0.717) is 18.4 Å². The van der Waals surface area contributed by atoms with Crippen LogP contribution >= 0.6 is 54.0 Å². The van der Waals surface area contributed by atoms with Gasteiger partial charge in [-0.25, -0.2) is 18.5 Å². The van der Waals surface area contributed by atoms with Crippen LogP contribution in [0.25, 0.3) is 0 Å². The number of hydrogen-bond donors (Lipinski definition) is 18. The Hall–Kier alpha value is -5.90. The normalized spacial score (nSPS) is 31.1. The predicted molar refractivity (Wildman–Crippen MR) is 418 cm³/mol. The van der Waals surface area contributed by atoms with Crippen molar-refractivity contribution in [1.82, 2.24) is 24.9 Å². The number of amides is 5. The molecule has 0 spiro atoms. The van der Waals surface area contributed by atoms with Crippen molar-refractivity contribution in [3.8, 4) is 11.8 Å². The number of allylic oxidation sites excluding steroid dienone is 3. The van der Waals surface area contributed by atoms with Crippen LogP contribution in [0.1, 0.15) is 52.9 Å². The Bertz CT molecular complexity index is 4150. The zero-order valence-electron chi connectivity index (χ0n) is 61.3. The molecule has 22 atom stereocenters. The number of Topliss-reactive ketones (excluding diaryl/α,β-unsaturated/α-hetero) is 1. The van der Waals surface area contributed by atoms with Gasteiger partial charge in [0.2, 0.25) is 17.7 Å². The van der Waals surface area contributed by atoms with Crippen molar-refractivity contribution < 1.29 is 171 Å². The third kappa shape index (κ3) is 26.3. The van der Waals surface area contributed by atoms with E-state index >= 15 is 0 Å². The van der Waals surface area contributed by atoms with Gasteiger partial charge in [-0.3, -0.25) is 43.3 Å². The number of benzene rings is 3. The number of nitrogens with one attached hydrogen (secondary N) is 1. The number of hydrogen-bond acceptors (Lipinski definition) is 29. The summed E-state index contributed by atoms with van der Waals surface area (Å²) in [6.07, 6.45) is -2.60. The quantitative estimate of drug-likeness (QED) is 0.0227. The molecule has 0 saturated carbocycles. The number of aliphatic hydroxyl groups excluding tert-OH is 11. The molecule has 0 radical (unpaired) electrons. The Morgan fingerprint density at radius 3 is 1.42 bits per heavy atom. The summed E-state index contributed by atoms with van der Waals surface area (Å²) in [5.74, 6) is 4.76. The molecule has 3 aromatic rings. The van der Waals surface area contributed by atoms with Crippen molar-refractivity contribution in [3.63, 3.8) is 0 Å². The van der Waals surface area contributed by atoms with E-state index in [0.717, 1.165) is 30.9 Å². The summed E-state index contributed by atoms with van der Waals surface area (Å²) >= 11 is 2.01. The molecule has 116 heavy (non-hydrogen) atoms. The molecule has 0 bridgehead atoms. The van der Waals surface area contributed by atoms with Crippen molar-refractivity contribution in [1.29, 1.82) is 0 Å². The number of carbonyl (C=O) groups excluding carboxylic acids is 5. The van der Waals surface area contributed by atoms with Crippen LogP contribution in [0.15, 0.2) is 173 Å². The Morgan fingerprint density at radius 2 is 0.983 bits per heavy atom. The average molecular weight is 1910 g/mol. The maximum atomic E-state index is 12.3. The van der Waals surface area contributed by atoms with E-state index in [1.54, 1.807) is 19.4 Å². The van der Waals surface area contributed by atoms with Gasteiger partial charge in [-0.1, -0.05) is 141 Å². The summed E-state index contributed by atoms with van der Waals surface area (Å²) in [7, 11) is -15.6. The van der Waals surface area contributed by atoms with Crippen LogP contribution in [0.4, 0.5) is 4.79 Å². The standard InChI is InChI=1S/C18H15P.C15H20N2O6.C13H17NO5.C12H19N2O14P3.C10H15IN2O5.C3H6O.CH4.Pd/c1-4-10-16(11-5-1)19(17-12-6-2-7-13-17)18-14-8-3-9-15-18;1-8(19)3-2-4-9-6-17(12(20)5-10(9)16)15-14(22)13(21)11(7-18)23-15;15-6-9-11(17)12(18)13(19-9)14-5-8-3-1-2-7(8)4-10(14)16;15-9-8(5-25-30(21,22)28-31(23,24)27-29(18,19)20)26-11(10(9)16)14-4-6-2-1-3-7(6)13-12(14)17;11-4-2-13(7(15)1-5(4)12)10-9(17)8(16)6(3-14)18-10;1-3-4-2;;/h1-15H;6,10-11,13-15,18,21-22H,3,5,7,16H2,1H3;1,3,5,7,9,11-13,15,17-18H,2,4,6H2;1-2,4,7-11,15-16H,3,5H2,(H,13,17)(H,21,22)(H,23,24)(H2,18,19,20);2,5-6,8-10,14,16-17H,1,3,12H2;3H,1H2,2H3;1H4;. The average Bonchev–Trinajstić information content (AvgIpc) is 1.44.